The van der Waals surface area contributed by atoms with Gasteiger partial charge in [0.05, 0.1) is 12.0 Å². The molecule has 1 atom stereocenters. The van der Waals surface area contributed by atoms with Gasteiger partial charge in [0.25, 0.3) is 5.91 Å². The molecule has 2 N–H and O–H groups in total. The van der Waals surface area contributed by atoms with Crippen LogP contribution in [0.3, 0.4) is 0 Å². The molecule has 1 amide bonds. The zero-order valence-corrected chi connectivity index (χ0v) is 10.0. The molecule has 6 heteroatoms. The Hall–Kier alpha value is -1.98. The molecule has 0 bridgehead atoms. The van der Waals surface area contributed by atoms with Gasteiger partial charge in [-0.05, 0) is 18.6 Å². The Bertz CT molecular complexity index is 420. The summed E-state index contributed by atoms with van der Waals surface area (Å²) in [5.74, 6) is -2.07. The van der Waals surface area contributed by atoms with Crippen LogP contribution >= 0.6 is 0 Å². The summed E-state index contributed by atoms with van der Waals surface area (Å²) < 4.78 is 12.6. The van der Waals surface area contributed by atoms with Gasteiger partial charge in [-0.3, -0.25) is 9.59 Å². The van der Waals surface area contributed by atoms with Gasteiger partial charge in [0.2, 0.25) is 5.95 Å². The van der Waals surface area contributed by atoms with E-state index in [1.54, 1.807) is 0 Å². The average Bonchev–Trinajstić information content (AvgIpc) is 2.29. The van der Waals surface area contributed by atoms with Crippen molar-refractivity contribution in [1.29, 1.82) is 0 Å². The molecule has 18 heavy (non-hydrogen) atoms. The first-order valence-corrected chi connectivity index (χ1v) is 5.67. The van der Waals surface area contributed by atoms with Crippen LogP contribution in [-0.4, -0.2) is 28.0 Å². The summed E-state index contributed by atoms with van der Waals surface area (Å²) in [4.78, 5) is 25.8. The number of aromatic nitrogens is 1. The van der Waals surface area contributed by atoms with E-state index < -0.39 is 23.9 Å². The second kappa shape index (κ2) is 6.68. The average molecular weight is 254 g/mol. The number of nitrogens with zero attached hydrogens (tertiary/aromatic N) is 1. The number of hydrogen-bond donors (Lipinski definition) is 2. The first kappa shape index (κ1) is 14.1. The fraction of sp³-hybridized carbons (Fsp3) is 0.417. The van der Waals surface area contributed by atoms with Crippen LogP contribution in [0.15, 0.2) is 18.3 Å². The van der Waals surface area contributed by atoms with Crippen LogP contribution in [0.2, 0.25) is 0 Å². The zero-order chi connectivity index (χ0) is 13.5. The lowest BCUT2D eigenvalue weighted by Gasteiger charge is -2.15. The molecule has 1 aromatic heterocycles. The fourth-order valence-corrected chi connectivity index (χ4v) is 1.56. The van der Waals surface area contributed by atoms with Crippen LogP contribution in [0.25, 0.3) is 0 Å². The van der Waals surface area contributed by atoms with E-state index in [2.05, 4.69) is 10.3 Å². The van der Waals surface area contributed by atoms with Gasteiger partial charge in [-0.15, -0.1) is 0 Å². The molecule has 0 aliphatic rings. The van der Waals surface area contributed by atoms with Crippen LogP contribution in [0.1, 0.15) is 36.5 Å². The van der Waals surface area contributed by atoms with E-state index in [0.717, 1.165) is 18.7 Å². The molecule has 0 saturated carbocycles. The summed E-state index contributed by atoms with van der Waals surface area (Å²) in [5.41, 5.74) is 0.211. The molecule has 1 rings (SSSR count). The molecule has 0 aromatic carbocycles. The largest absolute Gasteiger partial charge is 0.481 e. The number of carboxylic acids is 1. The van der Waals surface area contributed by atoms with E-state index in [-0.39, 0.29) is 12.0 Å². The highest BCUT2D eigenvalue weighted by Crippen LogP contribution is 2.05. The lowest BCUT2D eigenvalue weighted by atomic mass is 10.1. The third-order valence-electron chi connectivity index (χ3n) is 2.38. The monoisotopic (exact) mass is 254 g/mol. The van der Waals surface area contributed by atoms with Crippen molar-refractivity contribution in [3.8, 4) is 0 Å². The molecule has 98 valence electrons. The van der Waals surface area contributed by atoms with Crippen LogP contribution in [0.5, 0.6) is 0 Å². The Labute approximate surface area is 104 Å². The van der Waals surface area contributed by atoms with Gasteiger partial charge in [-0.25, -0.2) is 4.98 Å². The van der Waals surface area contributed by atoms with Crippen LogP contribution in [-0.2, 0) is 4.79 Å². The first-order chi connectivity index (χ1) is 8.52. The number of aliphatic carboxylic acids is 1. The predicted octanol–water partition coefficient (Wildman–Crippen LogP) is 1.59. The maximum absolute atomic E-state index is 12.6. The maximum atomic E-state index is 12.6. The number of pyridine rings is 1. The topological polar surface area (TPSA) is 79.3 Å². The highest BCUT2D eigenvalue weighted by molar-refractivity contribution is 5.94. The van der Waals surface area contributed by atoms with Crippen LogP contribution in [0, 0.1) is 5.95 Å². The van der Waals surface area contributed by atoms with E-state index in [9.17, 15) is 14.0 Å². The molecule has 1 unspecified atom stereocenters. The number of nitrogens with one attached hydrogen (secondary N) is 1. The molecule has 0 aliphatic carbocycles. The van der Waals surface area contributed by atoms with Crippen LogP contribution < -0.4 is 5.32 Å². The summed E-state index contributed by atoms with van der Waals surface area (Å²) in [6.45, 7) is 1.90. The first-order valence-electron chi connectivity index (χ1n) is 5.67. The molecular weight excluding hydrogens is 239 g/mol. The number of carbonyl (C=O) groups excluding carboxylic acids is 1. The predicted molar refractivity (Wildman–Crippen MR) is 62.6 cm³/mol. The minimum Gasteiger partial charge on any atom is -0.481 e. The molecule has 0 aliphatic heterocycles. The van der Waals surface area contributed by atoms with Gasteiger partial charge in [0, 0.05) is 12.2 Å². The summed E-state index contributed by atoms with van der Waals surface area (Å²) >= 11 is 0. The van der Waals surface area contributed by atoms with Crippen molar-refractivity contribution in [2.45, 2.75) is 32.2 Å². The summed E-state index contributed by atoms with van der Waals surface area (Å²) in [5, 5.41) is 11.3. The van der Waals surface area contributed by atoms with Crippen LogP contribution in [0.4, 0.5) is 4.39 Å². The molecule has 1 aromatic rings. The molecule has 0 saturated heterocycles. The minimum atomic E-state index is -0.967. The SMILES string of the molecule is CCCC(CC(=O)O)NC(=O)c1ccc(F)nc1. The number of carbonyl (C=O) groups is 2. The van der Waals surface area contributed by atoms with Crippen molar-refractivity contribution in [3.63, 3.8) is 0 Å². The third kappa shape index (κ3) is 4.48. The summed E-state index contributed by atoms with van der Waals surface area (Å²) in [7, 11) is 0. The van der Waals surface area contributed by atoms with Crippen molar-refractivity contribution in [3.05, 3.63) is 29.8 Å². The van der Waals surface area contributed by atoms with Crippen molar-refractivity contribution < 1.29 is 19.1 Å². The highest BCUT2D eigenvalue weighted by Gasteiger charge is 2.16. The summed E-state index contributed by atoms with van der Waals surface area (Å²) in [6.07, 6.45) is 2.33. The number of rotatable bonds is 6. The summed E-state index contributed by atoms with van der Waals surface area (Å²) in [6, 6.07) is 1.97. The smallest absolute Gasteiger partial charge is 0.305 e. The van der Waals surface area contributed by atoms with Gasteiger partial charge >= 0.3 is 5.97 Å². The normalized spacial score (nSPS) is 11.9. The van der Waals surface area contributed by atoms with E-state index in [0.29, 0.717) is 6.42 Å². The Morgan fingerprint density at radius 3 is 2.72 bits per heavy atom. The van der Waals surface area contributed by atoms with Gasteiger partial charge in [0.15, 0.2) is 0 Å². The Balaban J connectivity index is 2.65. The van der Waals surface area contributed by atoms with Gasteiger partial charge in [-0.1, -0.05) is 13.3 Å². The number of halogens is 1. The molecule has 5 nitrogen and oxygen atoms in total. The number of hydrogen-bond acceptors (Lipinski definition) is 3. The highest BCUT2D eigenvalue weighted by atomic mass is 19.1. The van der Waals surface area contributed by atoms with Crippen molar-refractivity contribution >= 4 is 11.9 Å². The minimum absolute atomic E-state index is 0.131. The standard InChI is InChI=1S/C12H15FN2O3/c1-2-3-9(6-11(16)17)15-12(18)8-4-5-10(13)14-7-8/h4-5,7,9H,2-3,6H2,1H3,(H,15,18)(H,16,17). The van der Waals surface area contributed by atoms with E-state index in [1.165, 1.54) is 6.07 Å². The van der Waals surface area contributed by atoms with Crippen molar-refractivity contribution in [2.24, 2.45) is 0 Å². The maximum Gasteiger partial charge on any atom is 0.305 e. The molecule has 0 radical (unpaired) electrons. The Morgan fingerprint density at radius 1 is 1.50 bits per heavy atom. The molecule has 0 fully saturated rings. The lowest BCUT2D eigenvalue weighted by molar-refractivity contribution is -0.137. The Kier molecular flexibility index (Phi) is 5.23. The molecule has 0 spiro atoms. The second-order valence-corrected chi connectivity index (χ2v) is 3.93. The van der Waals surface area contributed by atoms with Gasteiger partial charge < -0.3 is 10.4 Å². The fourth-order valence-electron chi connectivity index (χ4n) is 1.56. The number of amides is 1. The van der Waals surface area contributed by atoms with Gasteiger partial charge in [0.1, 0.15) is 0 Å². The van der Waals surface area contributed by atoms with Crippen molar-refractivity contribution in [1.82, 2.24) is 10.3 Å². The van der Waals surface area contributed by atoms with E-state index in [1.807, 2.05) is 6.92 Å². The van der Waals surface area contributed by atoms with Crippen molar-refractivity contribution in [2.75, 3.05) is 0 Å². The quantitative estimate of drug-likeness (QED) is 0.755. The molecular formula is C12H15FN2O3. The number of carboxylic acid groups (broad SMARTS) is 1. The lowest BCUT2D eigenvalue weighted by Crippen LogP contribution is -2.36. The van der Waals surface area contributed by atoms with E-state index in [4.69, 9.17) is 5.11 Å². The zero-order valence-electron chi connectivity index (χ0n) is 10.0. The van der Waals surface area contributed by atoms with Gasteiger partial charge in [-0.2, -0.15) is 4.39 Å². The van der Waals surface area contributed by atoms with E-state index >= 15 is 0 Å². The molecule has 1 heterocycles. The second-order valence-electron chi connectivity index (χ2n) is 3.93. The Morgan fingerprint density at radius 2 is 2.22 bits per heavy atom. The third-order valence-corrected chi connectivity index (χ3v) is 2.38.